The summed E-state index contributed by atoms with van der Waals surface area (Å²) in [6.07, 6.45) is 3.01. The zero-order valence-corrected chi connectivity index (χ0v) is 17.8. The van der Waals surface area contributed by atoms with Gasteiger partial charge in [-0.2, -0.15) is 0 Å². The van der Waals surface area contributed by atoms with E-state index in [1.54, 1.807) is 18.4 Å². The Hall–Kier alpha value is -1.15. The number of thiazole rings is 1. The second kappa shape index (κ2) is 11.4. The van der Waals surface area contributed by atoms with E-state index in [1.165, 1.54) is 11.1 Å². The summed E-state index contributed by atoms with van der Waals surface area (Å²) in [5, 5.41) is 9.93. The van der Waals surface area contributed by atoms with E-state index in [0.717, 1.165) is 49.0 Å². The highest BCUT2D eigenvalue weighted by Gasteiger charge is 2.01. The Morgan fingerprint density at radius 2 is 1.71 bits per heavy atom. The van der Waals surface area contributed by atoms with Gasteiger partial charge >= 0.3 is 0 Å². The Labute approximate surface area is 166 Å². The van der Waals surface area contributed by atoms with Gasteiger partial charge in [0.1, 0.15) is 0 Å². The zero-order chi connectivity index (χ0) is 16.5. The molecule has 0 atom stereocenters. The molecule has 0 amide bonds. The number of nitrogens with one attached hydrogen (secondary N) is 2. The predicted octanol–water partition coefficient (Wildman–Crippen LogP) is 3.58. The van der Waals surface area contributed by atoms with E-state index < -0.39 is 0 Å². The van der Waals surface area contributed by atoms with E-state index in [2.05, 4.69) is 57.2 Å². The minimum absolute atomic E-state index is 0. The van der Waals surface area contributed by atoms with E-state index in [-0.39, 0.29) is 24.0 Å². The summed E-state index contributed by atoms with van der Waals surface area (Å²) < 4.78 is 0. The summed E-state index contributed by atoms with van der Waals surface area (Å²) in [6, 6.07) is 8.83. The maximum atomic E-state index is 4.47. The van der Waals surface area contributed by atoms with Crippen molar-refractivity contribution >= 4 is 41.3 Å². The summed E-state index contributed by atoms with van der Waals surface area (Å²) in [5.74, 6) is 0.849. The molecule has 4 nitrogen and oxygen atoms in total. The van der Waals surface area contributed by atoms with Gasteiger partial charge in [0.05, 0.1) is 10.7 Å². The number of aryl methyl sites for hydroxylation is 2. The van der Waals surface area contributed by atoms with Crippen LogP contribution in [0.1, 0.15) is 28.8 Å². The van der Waals surface area contributed by atoms with Gasteiger partial charge in [0, 0.05) is 31.9 Å². The van der Waals surface area contributed by atoms with Crippen LogP contribution < -0.4 is 10.6 Å². The van der Waals surface area contributed by atoms with E-state index in [0.29, 0.717) is 0 Å². The number of hydrogen-bond donors (Lipinski definition) is 2. The van der Waals surface area contributed by atoms with Crippen LogP contribution in [0.5, 0.6) is 0 Å². The van der Waals surface area contributed by atoms with Crippen molar-refractivity contribution in [2.45, 2.75) is 33.1 Å². The van der Waals surface area contributed by atoms with Crippen molar-refractivity contribution in [2.24, 2.45) is 4.99 Å². The number of hydrogen-bond acceptors (Lipinski definition) is 3. The minimum Gasteiger partial charge on any atom is -0.356 e. The molecule has 0 saturated heterocycles. The first-order valence-electron chi connectivity index (χ1n) is 8.14. The van der Waals surface area contributed by atoms with Crippen LogP contribution in [-0.2, 0) is 19.3 Å². The first kappa shape index (κ1) is 20.9. The lowest BCUT2D eigenvalue weighted by Gasteiger charge is -2.11. The summed E-state index contributed by atoms with van der Waals surface area (Å²) in [7, 11) is 1.80. The predicted molar refractivity (Wildman–Crippen MR) is 115 cm³/mol. The van der Waals surface area contributed by atoms with Crippen LogP contribution in [0.15, 0.2) is 34.6 Å². The third-order valence-electron chi connectivity index (χ3n) is 3.70. The van der Waals surface area contributed by atoms with E-state index in [9.17, 15) is 0 Å². The Morgan fingerprint density at radius 1 is 1.08 bits per heavy atom. The molecule has 0 aliphatic rings. The fraction of sp³-hybridized carbons (Fsp3) is 0.444. The standard InChI is InChI=1S/C18H26N4S.HI/c1-4-15-5-7-16(8-6-15)9-11-20-18(19-3)21-12-10-17-13-23-14(2)22-17;/h5-8,13H,4,9-12H2,1-3H3,(H2,19,20,21);1H. The highest BCUT2D eigenvalue weighted by atomic mass is 127. The van der Waals surface area contributed by atoms with Crippen molar-refractivity contribution in [3.05, 3.63) is 51.5 Å². The van der Waals surface area contributed by atoms with Gasteiger partial charge in [-0.3, -0.25) is 4.99 Å². The molecule has 0 saturated carbocycles. The average molecular weight is 458 g/mol. The quantitative estimate of drug-likeness (QED) is 0.379. The van der Waals surface area contributed by atoms with Crippen LogP contribution in [-0.4, -0.2) is 31.1 Å². The molecular weight excluding hydrogens is 431 g/mol. The molecule has 0 aliphatic carbocycles. The van der Waals surface area contributed by atoms with Gasteiger partial charge < -0.3 is 10.6 Å². The SMILES string of the molecule is CCc1ccc(CCNC(=NC)NCCc2csc(C)n2)cc1.I. The molecule has 1 aromatic carbocycles. The number of halogens is 1. The first-order chi connectivity index (χ1) is 11.2. The fourth-order valence-electron chi connectivity index (χ4n) is 2.32. The topological polar surface area (TPSA) is 49.3 Å². The summed E-state index contributed by atoms with van der Waals surface area (Å²) in [5.41, 5.74) is 3.88. The molecule has 24 heavy (non-hydrogen) atoms. The van der Waals surface area contributed by atoms with Crippen LogP contribution >= 0.6 is 35.3 Å². The lowest BCUT2D eigenvalue weighted by Crippen LogP contribution is -2.39. The number of aromatic nitrogens is 1. The number of aliphatic imine (C=N–C) groups is 1. The summed E-state index contributed by atoms with van der Waals surface area (Å²) in [6.45, 7) is 5.93. The fourth-order valence-corrected chi connectivity index (χ4v) is 2.97. The van der Waals surface area contributed by atoms with E-state index >= 15 is 0 Å². The van der Waals surface area contributed by atoms with Gasteiger partial charge in [-0.15, -0.1) is 35.3 Å². The second-order valence-corrected chi connectivity index (χ2v) is 6.52. The van der Waals surface area contributed by atoms with Crippen molar-refractivity contribution in [3.8, 4) is 0 Å². The van der Waals surface area contributed by atoms with Gasteiger partial charge in [0.2, 0.25) is 0 Å². The second-order valence-electron chi connectivity index (χ2n) is 5.45. The third-order valence-corrected chi connectivity index (χ3v) is 4.52. The number of rotatable bonds is 7. The maximum Gasteiger partial charge on any atom is 0.190 e. The molecule has 1 heterocycles. The molecule has 0 bridgehead atoms. The van der Waals surface area contributed by atoms with Gasteiger partial charge in [-0.05, 0) is 30.9 Å². The molecule has 0 fully saturated rings. The zero-order valence-electron chi connectivity index (χ0n) is 14.6. The van der Waals surface area contributed by atoms with Gasteiger partial charge in [-0.1, -0.05) is 31.2 Å². The highest BCUT2D eigenvalue weighted by Crippen LogP contribution is 2.07. The van der Waals surface area contributed by atoms with Crippen molar-refractivity contribution in [1.29, 1.82) is 0 Å². The van der Waals surface area contributed by atoms with Crippen LogP contribution in [0.2, 0.25) is 0 Å². The maximum absolute atomic E-state index is 4.47. The highest BCUT2D eigenvalue weighted by molar-refractivity contribution is 14.0. The molecule has 132 valence electrons. The molecule has 1 aromatic heterocycles. The van der Waals surface area contributed by atoms with Crippen molar-refractivity contribution < 1.29 is 0 Å². The molecule has 0 spiro atoms. The largest absolute Gasteiger partial charge is 0.356 e. The number of nitrogens with zero attached hydrogens (tertiary/aromatic N) is 2. The van der Waals surface area contributed by atoms with E-state index in [1.807, 2.05) is 6.92 Å². The van der Waals surface area contributed by atoms with E-state index in [4.69, 9.17) is 0 Å². The molecule has 0 unspecified atom stereocenters. The third kappa shape index (κ3) is 7.17. The van der Waals surface area contributed by atoms with Gasteiger partial charge in [-0.25, -0.2) is 4.98 Å². The smallest absolute Gasteiger partial charge is 0.190 e. The molecule has 0 radical (unpaired) electrons. The van der Waals surface area contributed by atoms with Crippen molar-refractivity contribution in [3.63, 3.8) is 0 Å². The summed E-state index contributed by atoms with van der Waals surface area (Å²) in [4.78, 5) is 8.73. The number of benzene rings is 1. The Morgan fingerprint density at radius 3 is 2.25 bits per heavy atom. The van der Waals surface area contributed by atoms with Crippen LogP contribution in [0, 0.1) is 6.92 Å². The van der Waals surface area contributed by atoms with Crippen LogP contribution in [0.4, 0.5) is 0 Å². The van der Waals surface area contributed by atoms with Gasteiger partial charge in [0.15, 0.2) is 5.96 Å². The molecule has 2 aromatic rings. The van der Waals surface area contributed by atoms with Crippen LogP contribution in [0.3, 0.4) is 0 Å². The van der Waals surface area contributed by atoms with Gasteiger partial charge in [0.25, 0.3) is 0 Å². The molecule has 2 rings (SSSR count). The summed E-state index contributed by atoms with van der Waals surface area (Å²) >= 11 is 1.70. The lowest BCUT2D eigenvalue weighted by atomic mass is 10.1. The molecule has 2 N–H and O–H groups in total. The monoisotopic (exact) mass is 458 g/mol. The first-order valence-corrected chi connectivity index (χ1v) is 9.02. The minimum atomic E-state index is 0. The van der Waals surface area contributed by atoms with Crippen LogP contribution in [0.25, 0.3) is 0 Å². The molecular formula is C18H27IN4S. The lowest BCUT2D eigenvalue weighted by molar-refractivity contribution is 0.777. The normalized spacial score (nSPS) is 11.0. The molecule has 0 aliphatic heterocycles. The number of guanidine groups is 1. The molecule has 6 heteroatoms. The average Bonchev–Trinajstić information content (AvgIpc) is 2.99. The van der Waals surface area contributed by atoms with Crippen molar-refractivity contribution in [2.75, 3.05) is 20.1 Å². The Bertz CT molecular complexity index is 622. The van der Waals surface area contributed by atoms with Crippen molar-refractivity contribution in [1.82, 2.24) is 15.6 Å². The Kier molecular flexibility index (Phi) is 9.94. The Balaban J connectivity index is 0.00000288.